The summed E-state index contributed by atoms with van der Waals surface area (Å²) in [4.78, 5) is 56.9. The number of aromatic nitrogens is 2. The molecule has 4 heterocycles. The minimum Gasteiger partial charge on any atom is -0.342 e. The first-order chi connectivity index (χ1) is 14.9. The zero-order chi connectivity index (χ0) is 22.1. The van der Waals surface area contributed by atoms with Gasteiger partial charge < -0.3 is 14.8 Å². The van der Waals surface area contributed by atoms with E-state index in [2.05, 4.69) is 14.9 Å². The van der Waals surface area contributed by atoms with Crippen LogP contribution >= 0.6 is 0 Å². The van der Waals surface area contributed by atoms with E-state index >= 15 is 0 Å². The molecular formula is C22H31N5O4. The van der Waals surface area contributed by atoms with Gasteiger partial charge in [-0.05, 0) is 39.0 Å². The SMILES string of the molecule is CCCN1C(=O)N[C@@H](CCC(=O)N2CCC[C@H](c3c(C)c(=O)nc4n3CCC4)C2)C1=O. The maximum absolute atomic E-state index is 12.9. The molecule has 0 bridgehead atoms. The Morgan fingerprint density at radius 3 is 2.77 bits per heavy atom. The fourth-order valence-electron chi connectivity index (χ4n) is 5.14. The number of piperidine rings is 1. The van der Waals surface area contributed by atoms with E-state index in [1.165, 1.54) is 4.90 Å². The van der Waals surface area contributed by atoms with Crippen LogP contribution in [0.4, 0.5) is 4.79 Å². The van der Waals surface area contributed by atoms with Crippen molar-refractivity contribution in [1.29, 1.82) is 0 Å². The first kappa shape index (κ1) is 21.5. The van der Waals surface area contributed by atoms with Gasteiger partial charge in [0.1, 0.15) is 11.9 Å². The number of hydrogen-bond acceptors (Lipinski definition) is 5. The molecule has 3 aliphatic heterocycles. The van der Waals surface area contributed by atoms with Crippen LogP contribution in [0.5, 0.6) is 0 Å². The smallest absolute Gasteiger partial charge is 0.324 e. The molecule has 0 aromatic carbocycles. The van der Waals surface area contributed by atoms with Crippen LogP contribution in [-0.4, -0.2) is 62.9 Å². The number of rotatable bonds is 6. The molecule has 4 rings (SSSR count). The summed E-state index contributed by atoms with van der Waals surface area (Å²) in [5.74, 6) is 0.745. The minimum atomic E-state index is -0.618. The Bertz CT molecular complexity index is 956. The first-order valence-corrected chi connectivity index (χ1v) is 11.4. The predicted molar refractivity (Wildman–Crippen MR) is 114 cm³/mol. The molecule has 31 heavy (non-hydrogen) atoms. The van der Waals surface area contributed by atoms with E-state index in [-0.39, 0.29) is 35.7 Å². The van der Waals surface area contributed by atoms with Gasteiger partial charge in [-0.2, -0.15) is 4.98 Å². The van der Waals surface area contributed by atoms with E-state index < -0.39 is 6.04 Å². The molecule has 0 radical (unpaired) electrons. The predicted octanol–water partition coefficient (Wildman–Crippen LogP) is 1.31. The first-order valence-electron chi connectivity index (χ1n) is 11.4. The van der Waals surface area contributed by atoms with Gasteiger partial charge in [0, 0.05) is 56.2 Å². The van der Waals surface area contributed by atoms with Crippen molar-refractivity contribution < 1.29 is 14.4 Å². The summed E-state index contributed by atoms with van der Waals surface area (Å²) < 4.78 is 2.18. The van der Waals surface area contributed by atoms with Crippen molar-refractivity contribution in [3.63, 3.8) is 0 Å². The topological polar surface area (TPSA) is 105 Å². The summed E-state index contributed by atoms with van der Waals surface area (Å²) in [6, 6.07) is -0.984. The molecule has 2 atom stereocenters. The third-order valence-electron chi connectivity index (χ3n) is 6.68. The van der Waals surface area contributed by atoms with Crippen LogP contribution < -0.4 is 10.9 Å². The highest BCUT2D eigenvalue weighted by molar-refractivity contribution is 6.04. The lowest BCUT2D eigenvalue weighted by Crippen LogP contribution is -2.41. The fraction of sp³-hybridized carbons (Fsp3) is 0.682. The molecule has 0 unspecified atom stereocenters. The number of fused-ring (bicyclic) bond motifs is 1. The van der Waals surface area contributed by atoms with Crippen molar-refractivity contribution in [3.8, 4) is 0 Å². The monoisotopic (exact) mass is 429 g/mol. The van der Waals surface area contributed by atoms with Crippen LogP contribution in [0.2, 0.25) is 0 Å². The molecule has 3 aliphatic rings. The van der Waals surface area contributed by atoms with Crippen molar-refractivity contribution in [2.24, 2.45) is 0 Å². The Hall–Kier alpha value is -2.71. The second-order valence-corrected chi connectivity index (χ2v) is 8.81. The largest absolute Gasteiger partial charge is 0.342 e. The number of aryl methyl sites for hydroxylation is 1. The second kappa shape index (κ2) is 8.80. The van der Waals surface area contributed by atoms with Crippen molar-refractivity contribution >= 4 is 17.8 Å². The molecule has 168 valence electrons. The lowest BCUT2D eigenvalue weighted by molar-refractivity contribution is -0.133. The molecular weight excluding hydrogens is 398 g/mol. The number of urea groups is 1. The van der Waals surface area contributed by atoms with Crippen LogP contribution in [0, 0.1) is 6.92 Å². The van der Waals surface area contributed by atoms with E-state index in [1.54, 1.807) is 0 Å². The van der Waals surface area contributed by atoms with Gasteiger partial charge in [-0.25, -0.2) is 4.79 Å². The average Bonchev–Trinajstić information content (AvgIpc) is 3.32. The number of nitrogens with zero attached hydrogens (tertiary/aromatic N) is 4. The van der Waals surface area contributed by atoms with Gasteiger partial charge >= 0.3 is 6.03 Å². The highest BCUT2D eigenvalue weighted by Gasteiger charge is 2.38. The maximum Gasteiger partial charge on any atom is 0.324 e. The molecule has 2 fully saturated rings. The Labute approximate surface area is 181 Å². The third kappa shape index (κ3) is 4.09. The van der Waals surface area contributed by atoms with E-state index in [0.717, 1.165) is 43.7 Å². The second-order valence-electron chi connectivity index (χ2n) is 8.81. The molecule has 9 nitrogen and oxygen atoms in total. The highest BCUT2D eigenvalue weighted by Crippen LogP contribution is 2.31. The standard InChI is InChI=1S/C22H31N5O4/c1-3-10-27-21(30)16(23-22(27)31)8-9-18(28)25-11-4-6-15(13-25)19-14(2)20(29)24-17-7-5-12-26(17)19/h15-16H,3-13H2,1-2H3,(H,23,31)/t15-,16-/m0/s1. The highest BCUT2D eigenvalue weighted by atomic mass is 16.2. The van der Waals surface area contributed by atoms with Crippen LogP contribution in [0.15, 0.2) is 4.79 Å². The number of amides is 4. The number of imide groups is 1. The number of carbonyl (C=O) groups excluding carboxylic acids is 3. The molecule has 1 N–H and O–H groups in total. The van der Waals surface area contributed by atoms with Crippen LogP contribution in [0.1, 0.15) is 68.4 Å². The zero-order valence-corrected chi connectivity index (χ0v) is 18.4. The van der Waals surface area contributed by atoms with Crippen molar-refractivity contribution in [1.82, 2.24) is 24.7 Å². The summed E-state index contributed by atoms with van der Waals surface area (Å²) in [5.41, 5.74) is 1.58. The third-order valence-corrected chi connectivity index (χ3v) is 6.68. The molecule has 9 heteroatoms. The Morgan fingerprint density at radius 2 is 2.00 bits per heavy atom. The number of nitrogens with one attached hydrogen (secondary N) is 1. The van der Waals surface area contributed by atoms with Crippen LogP contribution in [-0.2, 0) is 22.6 Å². The van der Waals surface area contributed by atoms with Gasteiger partial charge in [0.15, 0.2) is 0 Å². The number of carbonyl (C=O) groups is 3. The summed E-state index contributed by atoms with van der Waals surface area (Å²) in [6.07, 6.45) is 4.89. The van der Waals surface area contributed by atoms with E-state index in [9.17, 15) is 19.2 Å². The van der Waals surface area contributed by atoms with Crippen LogP contribution in [0.3, 0.4) is 0 Å². The number of likely N-dealkylation sites (tertiary alicyclic amines) is 1. The lowest BCUT2D eigenvalue weighted by atomic mass is 9.91. The van der Waals surface area contributed by atoms with Gasteiger partial charge in [0.25, 0.3) is 11.5 Å². The van der Waals surface area contributed by atoms with Crippen molar-refractivity contribution in [2.45, 2.75) is 77.3 Å². The molecule has 4 amide bonds. The lowest BCUT2D eigenvalue weighted by Gasteiger charge is -2.34. The van der Waals surface area contributed by atoms with Gasteiger partial charge in [0.05, 0.1) is 0 Å². The van der Waals surface area contributed by atoms with E-state index in [4.69, 9.17) is 0 Å². The maximum atomic E-state index is 12.9. The average molecular weight is 430 g/mol. The zero-order valence-electron chi connectivity index (χ0n) is 18.4. The quantitative estimate of drug-likeness (QED) is 0.687. The fourth-order valence-corrected chi connectivity index (χ4v) is 5.14. The van der Waals surface area contributed by atoms with Crippen molar-refractivity contribution in [2.75, 3.05) is 19.6 Å². The Kier molecular flexibility index (Phi) is 6.11. The van der Waals surface area contributed by atoms with Gasteiger partial charge in [-0.15, -0.1) is 0 Å². The summed E-state index contributed by atoms with van der Waals surface area (Å²) in [6.45, 7) is 6.30. The molecule has 0 spiro atoms. The molecule has 0 saturated carbocycles. The molecule has 0 aliphatic carbocycles. The molecule has 1 aromatic rings. The summed E-state index contributed by atoms with van der Waals surface area (Å²) in [7, 11) is 0. The summed E-state index contributed by atoms with van der Waals surface area (Å²) in [5, 5.41) is 2.70. The molecule has 1 aromatic heterocycles. The van der Waals surface area contributed by atoms with Crippen molar-refractivity contribution in [3.05, 3.63) is 27.4 Å². The van der Waals surface area contributed by atoms with E-state index in [0.29, 0.717) is 38.0 Å². The van der Waals surface area contributed by atoms with Gasteiger partial charge in [-0.3, -0.25) is 19.3 Å². The Balaban J connectivity index is 1.41. The van der Waals surface area contributed by atoms with Crippen LogP contribution in [0.25, 0.3) is 0 Å². The summed E-state index contributed by atoms with van der Waals surface area (Å²) >= 11 is 0. The number of hydrogen-bond donors (Lipinski definition) is 1. The molecule has 2 saturated heterocycles. The van der Waals surface area contributed by atoms with E-state index in [1.807, 2.05) is 18.7 Å². The minimum absolute atomic E-state index is 0.00334. The van der Waals surface area contributed by atoms with Gasteiger partial charge in [-0.1, -0.05) is 6.92 Å². The van der Waals surface area contributed by atoms with Gasteiger partial charge in [0.2, 0.25) is 5.91 Å². The Morgan fingerprint density at radius 1 is 1.19 bits per heavy atom. The normalized spacial score (nSPS) is 23.3.